The standard InChI is InChI=1S/C25H26N2O2/c1-2-3-4-18-5-11-21(12-6-18)25(28)29-24-14-13-22(15-23(24)17-27)20-9-7-19(16-26)8-10-20/h7-10,13-15,18,21H,2-6,11-12H2,1H3. The number of carbonyl (C=O) groups excluding carboxylic acids is 1. The van der Waals surface area contributed by atoms with Crippen LogP contribution in [0, 0.1) is 34.5 Å². The van der Waals surface area contributed by atoms with Gasteiger partial charge >= 0.3 is 5.97 Å². The molecule has 2 aromatic rings. The van der Waals surface area contributed by atoms with Gasteiger partial charge in [0.1, 0.15) is 11.8 Å². The Morgan fingerprint density at radius 1 is 1.00 bits per heavy atom. The van der Waals surface area contributed by atoms with Crippen molar-refractivity contribution in [3.63, 3.8) is 0 Å². The van der Waals surface area contributed by atoms with Gasteiger partial charge in [-0.15, -0.1) is 0 Å². The Bertz CT molecular complexity index is 927. The number of hydrogen-bond acceptors (Lipinski definition) is 4. The van der Waals surface area contributed by atoms with Crippen LogP contribution in [-0.4, -0.2) is 5.97 Å². The monoisotopic (exact) mass is 386 g/mol. The van der Waals surface area contributed by atoms with Crippen LogP contribution in [0.5, 0.6) is 5.75 Å². The first-order valence-corrected chi connectivity index (χ1v) is 10.4. The maximum absolute atomic E-state index is 12.6. The number of nitrogens with zero attached hydrogens (tertiary/aromatic N) is 2. The summed E-state index contributed by atoms with van der Waals surface area (Å²) in [5.74, 6) is 0.766. The molecule has 0 N–H and O–H groups in total. The maximum atomic E-state index is 12.6. The average molecular weight is 386 g/mol. The maximum Gasteiger partial charge on any atom is 0.314 e. The van der Waals surface area contributed by atoms with Crippen molar-refractivity contribution < 1.29 is 9.53 Å². The Kier molecular flexibility index (Phi) is 7.04. The molecule has 0 bridgehead atoms. The van der Waals surface area contributed by atoms with Gasteiger partial charge in [0.15, 0.2) is 0 Å². The molecule has 0 atom stereocenters. The van der Waals surface area contributed by atoms with E-state index in [1.165, 1.54) is 19.3 Å². The summed E-state index contributed by atoms with van der Waals surface area (Å²) in [6, 6.07) is 16.7. The average Bonchev–Trinajstić information content (AvgIpc) is 2.78. The van der Waals surface area contributed by atoms with E-state index >= 15 is 0 Å². The number of rotatable bonds is 6. The van der Waals surface area contributed by atoms with Crippen molar-refractivity contribution in [1.29, 1.82) is 10.5 Å². The van der Waals surface area contributed by atoms with Gasteiger partial charge in [0.2, 0.25) is 0 Å². The van der Waals surface area contributed by atoms with Gasteiger partial charge in [-0.2, -0.15) is 10.5 Å². The Morgan fingerprint density at radius 2 is 1.69 bits per heavy atom. The van der Waals surface area contributed by atoms with Crippen molar-refractivity contribution in [1.82, 2.24) is 0 Å². The van der Waals surface area contributed by atoms with Crippen LogP contribution in [0.2, 0.25) is 0 Å². The fourth-order valence-electron chi connectivity index (χ4n) is 3.99. The second-order valence-corrected chi connectivity index (χ2v) is 7.79. The molecule has 0 saturated heterocycles. The van der Waals surface area contributed by atoms with Gasteiger partial charge in [-0.05, 0) is 67.0 Å². The van der Waals surface area contributed by atoms with Gasteiger partial charge in [-0.1, -0.05) is 44.4 Å². The summed E-state index contributed by atoms with van der Waals surface area (Å²) in [5.41, 5.74) is 2.69. The molecule has 0 heterocycles. The first-order valence-electron chi connectivity index (χ1n) is 10.4. The number of carbonyl (C=O) groups is 1. The lowest BCUT2D eigenvalue weighted by molar-refractivity contribution is -0.140. The van der Waals surface area contributed by atoms with Crippen molar-refractivity contribution in [2.45, 2.75) is 51.9 Å². The highest BCUT2D eigenvalue weighted by Crippen LogP contribution is 2.34. The van der Waals surface area contributed by atoms with Crippen LogP contribution < -0.4 is 4.74 Å². The van der Waals surface area contributed by atoms with Crippen LogP contribution in [0.15, 0.2) is 42.5 Å². The zero-order chi connectivity index (χ0) is 20.6. The number of benzene rings is 2. The lowest BCUT2D eigenvalue weighted by Gasteiger charge is -2.27. The van der Waals surface area contributed by atoms with Crippen molar-refractivity contribution in [3.8, 4) is 29.0 Å². The molecule has 0 aromatic heterocycles. The largest absolute Gasteiger partial charge is 0.425 e. The Balaban J connectivity index is 1.66. The second kappa shape index (κ2) is 9.89. The molecule has 0 amide bonds. The minimum atomic E-state index is -0.221. The van der Waals surface area contributed by atoms with E-state index in [4.69, 9.17) is 10.00 Å². The van der Waals surface area contributed by atoms with Crippen LogP contribution in [0.1, 0.15) is 63.0 Å². The normalized spacial score (nSPS) is 18.4. The molecule has 1 fully saturated rings. The summed E-state index contributed by atoms with van der Waals surface area (Å²) in [6.45, 7) is 2.21. The third-order valence-electron chi connectivity index (χ3n) is 5.80. The number of hydrogen-bond donors (Lipinski definition) is 0. The highest BCUT2D eigenvalue weighted by atomic mass is 16.5. The van der Waals surface area contributed by atoms with Crippen LogP contribution >= 0.6 is 0 Å². The number of ether oxygens (including phenoxy) is 1. The fraction of sp³-hybridized carbons (Fsp3) is 0.400. The van der Waals surface area contributed by atoms with Gasteiger partial charge in [0.25, 0.3) is 0 Å². The predicted octanol–water partition coefficient (Wildman–Crippen LogP) is 6.00. The molecule has 3 rings (SSSR count). The Labute approximate surface area is 172 Å². The third kappa shape index (κ3) is 5.24. The van der Waals surface area contributed by atoms with Gasteiger partial charge in [-0.3, -0.25) is 4.79 Å². The summed E-state index contributed by atoms with van der Waals surface area (Å²) in [4.78, 5) is 12.6. The third-order valence-corrected chi connectivity index (χ3v) is 5.80. The van der Waals surface area contributed by atoms with Gasteiger partial charge in [0, 0.05) is 0 Å². The van der Waals surface area contributed by atoms with E-state index in [-0.39, 0.29) is 11.9 Å². The molecule has 1 saturated carbocycles. The van der Waals surface area contributed by atoms with E-state index in [1.807, 2.05) is 18.2 Å². The molecule has 29 heavy (non-hydrogen) atoms. The van der Waals surface area contributed by atoms with Crippen LogP contribution in [0.3, 0.4) is 0 Å². The van der Waals surface area contributed by atoms with Gasteiger partial charge < -0.3 is 4.74 Å². The van der Waals surface area contributed by atoms with Crippen molar-refractivity contribution in [2.24, 2.45) is 11.8 Å². The van der Waals surface area contributed by atoms with Gasteiger partial charge in [0.05, 0.1) is 23.1 Å². The smallest absolute Gasteiger partial charge is 0.314 e. The minimum Gasteiger partial charge on any atom is -0.425 e. The number of nitriles is 2. The summed E-state index contributed by atoms with van der Waals surface area (Å²) in [6.07, 6.45) is 7.66. The lowest BCUT2D eigenvalue weighted by Crippen LogP contribution is -2.26. The van der Waals surface area contributed by atoms with E-state index in [0.717, 1.165) is 42.7 Å². The molecule has 2 aromatic carbocycles. The molecule has 0 spiro atoms. The van der Waals surface area contributed by atoms with E-state index in [0.29, 0.717) is 16.9 Å². The Morgan fingerprint density at radius 3 is 2.31 bits per heavy atom. The number of unbranched alkanes of at least 4 members (excludes halogenated alkanes) is 1. The first kappa shape index (κ1) is 20.6. The van der Waals surface area contributed by atoms with Crippen molar-refractivity contribution in [3.05, 3.63) is 53.6 Å². The molecule has 4 nitrogen and oxygen atoms in total. The zero-order valence-electron chi connectivity index (χ0n) is 16.9. The summed E-state index contributed by atoms with van der Waals surface area (Å²) in [5, 5.41) is 18.4. The zero-order valence-corrected chi connectivity index (χ0v) is 16.9. The quantitative estimate of drug-likeness (QED) is 0.451. The first-order chi connectivity index (χ1) is 14.1. The molecule has 4 heteroatoms. The minimum absolute atomic E-state index is 0.0716. The topological polar surface area (TPSA) is 73.9 Å². The Hall–Kier alpha value is -3.11. The van der Waals surface area contributed by atoms with Gasteiger partial charge in [-0.25, -0.2) is 0 Å². The lowest BCUT2D eigenvalue weighted by atomic mass is 9.80. The van der Waals surface area contributed by atoms with E-state index in [2.05, 4.69) is 19.1 Å². The summed E-state index contributed by atoms with van der Waals surface area (Å²) < 4.78 is 5.62. The fourth-order valence-corrected chi connectivity index (χ4v) is 3.99. The van der Waals surface area contributed by atoms with Crippen LogP contribution in [0.4, 0.5) is 0 Å². The highest BCUT2D eigenvalue weighted by molar-refractivity contribution is 5.77. The van der Waals surface area contributed by atoms with Crippen molar-refractivity contribution >= 4 is 5.97 Å². The summed E-state index contributed by atoms with van der Waals surface area (Å²) >= 11 is 0. The van der Waals surface area contributed by atoms with E-state index in [1.54, 1.807) is 24.3 Å². The molecular weight excluding hydrogens is 360 g/mol. The molecule has 0 aliphatic heterocycles. The van der Waals surface area contributed by atoms with E-state index < -0.39 is 0 Å². The molecule has 1 aliphatic carbocycles. The second-order valence-electron chi connectivity index (χ2n) is 7.79. The predicted molar refractivity (Wildman–Crippen MR) is 112 cm³/mol. The summed E-state index contributed by atoms with van der Waals surface area (Å²) in [7, 11) is 0. The highest BCUT2D eigenvalue weighted by Gasteiger charge is 2.28. The molecule has 1 aliphatic rings. The van der Waals surface area contributed by atoms with E-state index in [9.17, 15) is 10.1 Å². The molecule has 0 unspecified atom stereocenters. The van der Waals surface area contributed by atoms with Crippen LogP contribution in [-0.2, 0) is 4.79 Å². The molecule has 148 valence electrons. The number of esters is 1. The molecular formula is C25H26N2O2. The van der Waals surface area contributed by atoms with Crippen molar-refractivity contribution in [2.75, 3.05) is 0 Å². The molecule has 0 radical (unpaired) electrons. The van der Waals surface area contributed by atoms with Crippen LogP contribution in [0.25, 0.3) is 11.1 Å². The SMILES string of the molecule is CCCCC1CCC(C(=O)Oc2ccc(-c3ccc(C#N)cc3)cc2C#N)CC1.